The first-order chi connectivity index (χ1) is 13.5. The zero-order valence-corrected chi connectivity index (χ0v) is 17.5. The molecule has 148 valence electrons. The van der Waals surface area contributed by atoms with Gasteiger partial charge in [0.25, 0.3) is 0 Å². The number of nitrogens with zero attached hydrogens (tertiary/aromatic N) is 2. The summed E-state index contributed by atoms with van der Waals surface area (Å²) in [6.45, 7) is 5.63. The number of benzene rings is 2. The van der Waals surface area contributed by atoms with E-state index < -0.39 is 0 Å². The molecule has 1 saturated heterocycles. The number of carbonyl (C=O) groups is 1. The minimum Gasteiger partial charge on any atom is -0.346 e. The lowest BCUT2D eigenvalue weighted by Crippen LogP contribution is -2.51. The van der Waals surface area contributed by atoms with E-state index >= 15 is 0 Å². The van der Waals surface area contributed by atoms with Gasteiger partial charge in [0.15, 0.2) is 5.11 Å². The highest BCUT2D eigenvalue weighted by Crippen LogP contribution is 2.20. The second kappa shape index (κ2) is 9.87. The van der Waals surface area contributed by atoms with Crippen molar-refractivity contribution in [2.45, 2.75) is 13.3 Å². The first-order valence-corrected chi connectivity index (χ1v) is 10.3. The molecule has 1 heterocycles. The van der Waals surface area contributed by atoms with Crippen molar-refractivity contribution in [1.29, 1.82) is 0 Å². The van der Waals surface area contributed by atoms with Gasteiger partial charge in [-0.25, -0.2) is 0 Å². The second-order valence-corrected chi connectivity index (χ2v) is 7.57. The third kappa shape index (κ3) is 5.67. The van der Waals surface area contributed by atoms with Gasteiger partial charge in [-0.15, -0.1) is 0 Å². The first-order valence-electron chi connectivity index (χ1n) is 9.46. The summed E-state index contributed by atoms with van der Waals surface area (Å²) >= 11 is 11.7. The Balaban J connectivity index is 1.45. The van der Waals surface area contributed by atoms with Gasteiger partial charge >= 0.3 is 0 Å². The highest BCUT2D eigenvalue weighted by atomic mass is 35.5. The van der Waals surface area contributed by atoms with Gasteiger partial charge < -0.3 is 15.5 Å². The molecule has 3 rings (SSSR count). The zero-order chi connectivity index (χ0) is 19.9. The summed E-state index contributed by atoms with van der Waals surface area (Å²) in [4.78, 5) is 16.6. The molecule has 1 aliphatic rings. The molecule has 1 amide bonds. The van der Waals surface area contributed by atoms with Crippen LogP contribution in [0.15, 0.2) is 48.5 Å². The van der Waals surface area contributed by atoms with E-state index in [1.165, 1.54) is 5.56 Å². The molecule has 2 N–H and O–H groups in total. The van der Waals surface area contributed by atoms with Crippen molar-refractivity contribution in [3.63, 3.8) is 0 Å². The molecule has 0 unspecified atom stereocenters. The fraction of sp³-hybridized carbons (Fsp3) is 0.333. The molecule has 2 aromatic rings. The topological polar surface area (TPSA) is 47.6 Å². The number of carbonyl (C=O) groups excluding carboxylic acids is 1. The summed E-state index contributed by atoms with van der Waals surface area (Å²) in [7, 11) is 0. The number of para-hydroxylation sites is 1. The Morgan fingerprint density at radius 2 is 1.82 bits per heavy atom. The van der Waals surface area contributed by atoms with E-state index in [1.807, 2.05) is 24.3 Å². The lowest BCUT2D eigenvalue weighted by Gasteiger charge is -2.35. The molecule has 0 spiro atoms. The van der Waals surface area contributed by atoms with Crippen LogP contribution < -0.4 is 10.6 Å². The van der Waals surface area contributed by atoms with Crippen LogP contribution in [0, 0.1) is 0 Å². The lowest BCUT2D eigenvalue weighted by atomic mass is 10.1. The third-order valence-electron chi connectivity index (χ3n) is 4.76. The van der Waals surface area contributed by atoms with E-state index in [2.05, 4.69) is 39.5 Å². The van der Waals surface area contributed by atoms with E-state index in [1.54, 1.807) is 12.1 Å². The minimum absolute atomic E-state index is 0.0568. The van der Waals surface area contributed by atoms with Crippen LogP contribution >= 0.6 is 23.8 Å². The van der Waals surface area contributed by atoms with E-state index in [4.69, 9.17) is 23.8 Å². The SMILES string of the molecule is CCc1cccc(NC(=S)N2CCN(CC(=O)Nc3ccccc3Cl)CC2)c1. The number of anilines is 2. The van der Waals surface area contributed by atoms with Crippen molar-refractivity contribution in [3.05, 3.63) is 59.1 Å². The molecular weight excluding hydrogens is 392 g/mol. The highest BCUT2D eigenvalue weighted by Gasteiger charge is 2.21. The van der Waals surface area contributed by atoms with Crippen LogP contribution in [0.1, 0.15) is 12.5 Å². The average molecular weight is 417 g/mol. The summed E-state index contributed by atoms with van der Waals surface area (Å²) < 4.78 is 0. The van der Waals surface area contributed by atoms with E-state index in [0.29, 0.717) is 17.3 Å². The predicted molar refractivity (Wildman–Crippen MR) is 120 cm³/mol. The Bertz CT molecular complexity index is 837. The second-order valence-electron chi connectivity index (χ2n) is 6.78. The Labute approximate surface area is 176 Å². The fourth-order valence-corrected chi connectivity index (χ4v) is 3.62. The highest BCUT2D eigenvalue weighted by molar-refractivity contribution is 7.80. The number of aryl methyl sites for hydroxylation is 1. The Morgan fingerprint density at radius 1 is 1.07 bits per heavy atom. The van der Waals surface area contributed by atoms with Crippen LogP contribution in [0.4, 0.5) is 11.4 Å². The van der Waals surface area contributed by atoms with Crippen LogP contribution in [0.3, 0.4) is 0 Å². The van der Waals surface area contributed by atoms with E-state index in [-0.39, 0.29) is 5.91 Å². The predicted octanol–water partition coefficient (Wildman–Crippen LogP) is 3.86. The van der Waals surface area contributed by atoms with Gasteiger partial charge in [-0.05, 0) is 48.5 Å². The largest absolute Gasteiger partial charge is 0.346 e. The fourth-order valence-electron chi connectivity index (χ4n) is 3.14. The smallest absolute Gasteiger partial charge is 0.238 e. The van der Waals surface area contributed by atoms with Crippen molar-refractivity contribution < 1.29 is 4.79 Å². The average Bonchev–Trinajstić information content (AvgIpc) is 2.70. The molecule has 7 heteroatoms. The maximum absolute atomic E-state index is 12.3. The number of nitrogens with one attached hydrogen (secondary N) is 2. The Morgan fingerprint density at radius 3 is 2.54 bits per heavy atom. The normalized spacial score (nSPS) is 14.6. The standard InChI is InChI=1S/C21H25ClN4OS/c1-2-16-6-5-7-17(14-16)23-21(28)26-12-10-25(11-13-26)15-20(27)24-19-9-4-3-8-18(19)22/h3-9,14H,2,10-13,15H2,1H3,(H,23,28)(H,24,27). The van der Waals surface area contributed by atoms with Crippen molar-refractivity contribution in [2.75, 3.05) is 43.4 Å². The molecule has 0 bridgehead atoms. The van der Waals surface area contributed by atoms with Crippen LogP contribution in [0.5, 0.6) is 0 Å². The van der Waals surface area contributed by atoms with Crippen LogP contribution in [0.2, 0.25) is 5.02 Å². The number of piperazine rings is 1. The van der Waals surface area contributed by atoms with E-state index in [0.717, 1.165) is 43.4 Å². The maximum atomic E-state index is 12.3. The first kappa shape index (κ1) is 20.6. The van der Waals surface area contributed by atoms with Crippen molar-refractivity contribution in [3.8, 4) is 0 Å². The Kier molecular flexibility index (Phi) is 7.25. The molecule has 0 atom stereocenters. The van der Waals surface area contributed by atoms with Gasteiger partial charge in [-0.2, -0.15) is 0 Å². The quantitative estimate of drug-likeness (QED) is 0.725. The summed E-state index contributed by atoms with van der Waals surface area (Å²) in [6, 6.07) is 15.6. The number of rotatable bonds is 5. The van der Waals surface area contributed by atoms with Crippen LogP contribution in [-0.4, -0.2) is 53.5 Å². The number of amides is 1. The molecule has 28 heavy (non-hydrogen) atoms. The molecule has 2 aromatic carbocycles. The Hall–Kier alpha value is -2.15. The molecular formula is C21H25ClN4OS. The van der Waals surface area contributed by atoms with Gasteiger partial charge in [-0.1, -0.05) is 42.8 Å². The van der Waals surface area contributed by atoms with Gasteiger partial charge in [0.05, 0.1) is 17.3 Å². The number of halogens is 1. The molecule has 1 fully saturated rings. The molecule has 0 saturated carbocycles. The van der Waals surface area contributed by atoms with Crippen LogP contribution in [-0.2, 0) is 11.2 Å². The van der Waals surface area contributed by atoms with Crippen molar-refractivity contribution in [1.82, 2.24) is 9.80 Å². The summed E-state index contributed by atoms with van der Waals surface area (Å²) in [5.74, 6) is -0.0568. The van der Waals surface area contributed by atoms with Gasteiger partial charge in [-0.3, -0.25) is 9.69 Å². The molecule has 1 aliphatic heterocycles. The van der Waals surface area contributed by atoms with Gasteiger partial charge in [0.1, 0.15) is 0 Å². The summed E-state index contributed by atoms with van der Waals surface area (Å²) in [5, 5.41) is 7.47. The summed E-state index contributed by atoms with van der Waals surface area (Å²) in [6.07, 6.45) is 0.997. The number of hydrogen-bond acceptors (Lipinski definition) is 3. The summed E-state index contributed by atoms with van der Waals surface area (Å²) in [5.41, 5.74) is 2.94. The van der Waals surface area contributed by atoms with Crippen molar-refractivity contribution >= 4 is 46.2 Å². The lowest BCUT2D eigenvalue weighted by molar-refractivity contribution is -0.117. The number of hydrogen-bond donors (Lipinski definition) is 2. The van der Waals surface area contributed by atoms with Gasteiger partial charge in [0.2, 0.25) is 5.91 Å². The third-order valence-corrected chi connectivity index (χ3v) is 5.45. The maximum Gasteiger partial charge on any atom is 0.238 e. The zero-order valence-electron chi connectivity index (χ0n) is 16.0. The minimum atomic E-state index is -0.0568. The molecule has 0 radical (unpaired) electrons. The molecule has 5 nitrogen and oxygen atoms in total. The monoisotopic (exact) mass is 416 g/mol. The van der Waals surface area contributed by atoms with Gasteiger partial charge in [0, 0.05) is 31.9 Å². The molecule has 0 aliphatic carbocycles. The van der Waals surface area contributed by atoms with Crippen molar-refractivity contribution in [2.24, 2.45) is 0 Å². The molecule has 0 aromatic heterocycles. The van der Waals surface area contributed by atoms with E-state index in [9.17, 15) is 4.79 Å². The number of thiocarbonyl (C=S) groups is 1. The van der Waals surface area contributed by atoms with Crippen LogP contribution in [0.25, 0.3) is 0 Å².